The molecule has 2 rings (SSSR count). The lowest BCUT2D eigenvalue weighted by Gasteiger charge is -2.34. The molecule has 130 valence electrons. The quantitative estimate of drug-likeness (QED) is 0.432. The molecule has 1 aliphatic rings. The number of nitrogens with zero attached hydrogens (tertiary/aromatic N) is 2. The van der Waals surface area contributed by atoms with Gasteiger partial charge >= 0.3 is 0 Å². The van der Waals surface area contributed by atoms with E-state index in [1.165, 1.54) is 0 Å². The highest BCUT2D eigenvalue weighted by molar-refractivity contribution is 14.0. The molecular weight excluding hydrogens is 407 g/mol. The highest BCUT2D eigenvalue weighted by Crippen LogP contribution is 2.30. The highest BCUT2D eigenvalue weighted by Gasteiger charge is 2.20. The van der Waals surface area contributed by atoms with Crippen molar-refractivity contribution in [3.05, 3.63) is 18.2 Å². The van der Waals surface area contributed by atoms with Gasteiger partial charge in [0.2, 0.25) is 0 Å². The summed E-state index contributed by atoms with van der Waals surface area (Å²) in [6.45, 7) is 1.99. The molecule has 0 saturated carbocycles. The van der Waals surface area contributed by atoms with Crippen LogP contribution in [0, 0.1) is 0 Å². The molecule has 0 atom stereocenters. The standard InChI is InChI=1S/C16H26N4O2.HI/c1-17-16(18-2)19-12-5-7-20(8-6-12)13-9-14(21-3)11-15(10-13)22-4;/h9-12H,5-8H2,1-4H3,(H2,17,18,19);1H. The maximum atomic E-state index is 5.35. The van der Waals surface area contributed by atoms with Crippen molar-refractivity contribution in [2.45, 2.75) is 18.9 Å². The van der Waals surface area contributed by atoms with E-state index < -0.39 is 0 Å². The number of halogens is 1. The Morgan fingerprint density at radius 1 is 1.13 bits per heavy atom. The zero-order valence-electron chi connectivity index (χ0n) is 14.3. The molecule has 1 aliphatic heterocycles. The number of aliphatic imine (C=N–C) groups is 1. The zero-order valence-corrected chi connectivity index (χ0v) is 16.6. The van der Waals surface area contributed by atoms with Crippen LogP contribution in [-0.4, -0.2) is 53.4 Å². The summed E-state index contributed by atoms with van der Waals surface area (Å²) in [5, 5.41) is 6.50. The summed E-state index contributed by atoms with van der Waals surface area (Å²) in [4.78, 5) is 6.54. The first-order chi connectivity index (χ1) is 10.7. The first kappa shape index (κ1) is 19.7. The smallest absolute Gasteiger partial charge is 0.190 e. The van der Waals surface area contributed by atoms with Gasteiger partial charge in [-0.3, -0.25) is 4.99 Å². The number of benzene rings is 1. The van der Waals surface area contributed by atoms with Gasteiger partial charge in [0.25, 0.3) is 0 Å². The third-order valence-corrected chi connectivity index (χ3v) is 4.00. The van der Waals surface area contributed by atoms with E-state index in [1.807, 2.05) is 13.1 Å². The summed E-state index contributed by atoms with van der Waals surface area (Å²) in [7, 11) is 7.03. The van der Waals surface area contributed by atoms with Crippen LogP contribution in [0.1, 0.15) is 12.8 Å². The minimum atomic E-state index is 0. The van der Waals surface area contributed by atoms with Crippen molar-refractivity contribution in [2.24, 2.45) is 4.99 Å². The van der Waals surface area contributed by atoms with Gasteiger partial charge in [0.05, 0.1) is 14.2 Å². The molecule has 0 radical (unpaired) electrons. The fourth-order valence-corrected chi connectivity index (χ4v) is 2.70. The molecule has 1 heterocycles. The van der Waals surface area contributed by atoms with Crippen LogP contribution in [0.15, 0.2) is 23.2 Å². The van der Waals surface area contributed by atoms with E-state index in [0.29, 0.717) is 6.04 Å². The van der Waals surface area contributed by atoms with Crippen LogP contribution in [-0.2, 0) is 0 Å². The predicted molar refractivity (Wildman–Crippen MR) is 106 cm³/mol. The SMILES string of the molecule is CN=C(NC)NC1CCN(c2cc(OC)cc(OC)c2)CC1.I. The van der Waals surface area contributed by atoms with Crippen LogP contribution in [0.4, 0.5) is 5.69 Å². The fraction of sp³-hybridized carbons (Fsp3) is 0.562. The Morgan fingerprint density at radius 3 is 2.13 bits per heavy atom. The summed E-state index contributed by atoms with van der Waals surface area (Å²) in [5.41, 5.74) is 1.15. The molecule has 7 heteroatoms. The lowest BCUT2D eigenvalue weighted by atomic mass is 10.0. The summed E-state index contributed by atoms with van der Waals surface area (Å²) >= 11 is 0. The molecule has 0 unspecified atom stereocenters. The lowest BCUT2D eigenvalue weighted by molar-refractivity contribution is 0.393. The number of ether oxygens (including phenoxy) is 2. The molecule has 6 nitrogen and oxygen atoms in total. The number of rotatable bonds is 4. The number of piperidine rings is 1. The first-order valence-corrected chi connectivity index (χ1v) is 7.59. The van der Waals surface area contributed by atoms with Crippen molar-refractivity contribution in [2.75, 3.05) is 46.3 Å². The summed E-state index contributed by atoms with van der Waals surface area (Å²) in [6.07, 6.45) is 2.14. The van der Waals surface area contributed by atoms with Crippen molar-refractivity contribution >= 4 is 35.6 Å². The maximum Gasteiger partial charge on any atom is 0.190 e. The van der Waals surface area contributed by atoms with Crippen molar-refractivity contribution < 1.29 is 9.47 Å². The Balaban J connectivity index is 0.00000264. The molecule has 0 amide bonds. The van der Waals surface area contributed by atoms with E-state index in [4.69, 9.17) is 9.47 Å². The Hall–Kier alpha value is -1.38. The minimum absolute atomic E-state index is 0. The molecule has 1 aromatic carbocycles. The van der Waals surface area contributed by atoms with Crippen LogP contribution in [0.3, 0.4) is 0 Å². The second kappa shape index (κ2) is 9.69. The second-order valence-electron chi connectivity index (χ2n) is 5.30. The van der Waals surface area contributed by atoms with E-state index in [2.05, 4.69) is 32.7 Å². The number of guanidine groups is 1. The van der Waals surface area contributed by atoms with Crippen molar-refractivity contribution in [1.82, 2.24) is 10.6 Å². The van der Waals surface area contributed by atoms with E-state index in [1.54, 1.807) is 21.3 Å². The Bertz CT molecular complexity index is 495. The van der Waals surface area contributed by atoms with Gasteiger partial charge in [-0.1, -0.05) is 0 Å². The summed E-state index contributed by atoms with van der Waals surface area (Å²) < 4.78 is 10.7. The Morgan fingerprint density at radius 2 is 1.70 bits per heavy atom. The van der Waals surface area contributed by atoms with Crippen LogP contribution in [0.25, 0.3) is 0 Å². The van der Waals surface area contributed by atoms with Gasteiger partial charge in [0, 0.05) is 57.1 Å². The van der Waals surface area contributed by atoms with Crippen LogP contribution < -0.4 is 25.0 Å². The molecule has 0 bridgehead atoms. The van der Waals surface area contributed by atoms with Crippen LogP contribution in [0.2, 0.25) is 0 Å². The monoisotopic (exact) mass is 434 g/mol. The average Bonchev–Trinajstić information content (AvgIpc) is 2.59. The van der Waals surface area contributed by atoms with Gasteiger partial charge < -0.3 is 25.0 Å². The van der Waals surface area contributed by atoms with Gasteiger partial charge in [-0.2, -0.15) is 0 Å². The number of hydrogen-bond acceptors (Lipinski definition) is 4. The van der Waals surface area contributed by atoms with Gasteiger partial charge in [0.15, 0.2) is 5.96 Å². The van der Waals surface area contributed by atoms with Crippen LogP contribution in [0.5, 0.6) is 11.5 Å². The third kappa shape index (κ3) is 5.33. The zero-order chi connectivity index (χ0) is 15.9. The van der Waals surface area contributed by atoms with E-state index in [9.17, 15) is 0 Å². The molecule has 23 heavy (non-hydrogen) atoms. The summed E-state index contributed by atoms with van der Waals surface area (Å²) in [5.74, 6) is 2.50. The second-order valence-corrected chi connectivity index (χ2v) is 5.30. The van der Waals surface area contributed by atoms with Crippen molar-refractivity contribution in [3.8, 4) is 11.5 Å². The van der Waals surface area contributed by atoms with Gasteiger partial charge in [-0.25, -0.2) is 0 Å². The Labute approximate surface area is 155 Å². The minimum Gasteiger partial charge on any atom is -0.497 e. The topological polar surface area (TPSA) is 58.1 Å². The summed E-state index contributed by atoms with van der Waals surface area (Å²) in [6, 6.07) is 6.47. The molecule has 1 aromatic rings. The molecule has 0 spiro atoms. The largest absolute Gasteiger partial charge is 0.497 e. The first-order valence-electron chi connectivity index (χ1n) is 7.59. The van der Waals surface area contributed by atoms with E-state index >= 15 is 0 Å². The van der Waals surface area contributed by atoms with E-state index in [-0.39, 0.29) is 24.0 Å². The normalized spacial score (nSPS) is 15.7. The van der Waals surface area contributed by atoms with Crippen molar-refractivity contribution in [1.29, 1.82) is 0 Å². The predicted octanol–water partition coefficient (Wildman–Crippen LogP) is 2.09. The Kier molecular flexibility index (Phi) is 8.29. The van der Waals surface area contributed by atoms with Gasteiger partial charge in [0.1, 0.15) is 11.5 Å². The fourth-order valence-electron chi connectivity index (χ4n) is 2.70. The van der Waals surface area contributed by atoms with Gasteiger partial charge in [-0.05, 0) is 12.8 Å². The molecule has 0 aromatic heterocycles. The number of hydrogen-bond donors (Lipinski definition) is 2. The van der Waals surface area contributed by atoms with Gasteiger partial charge in [-0.15, -0.1) is 24.0 Å². The van der Waals surface area contributed by atoms with Crippen molar-refractivity contribution in [3.63, 3.8) is 0 Å². The highest BCUT2D eigenvalue weighted by atomic mass is 127. The molecule has 1 fully saturated rings. The molecule has 0 aliphatic carbocycles. The third-order valence-electron chi connectivity index (χ3n) is 4.00. The van der Waals surface area contributed by atoms with Crippen LogP contribution >= 0.6 is 24.0 Å². The number of nitrogens with one attached hydrogen (secondary N) is 2. The average molecular weight is 434 g/mol. The van der Waals surface area contributed by atoms with E-state index in [0.717, 1.165) is 49.1 Å². The molecule has 2 N–H and O–H groups in total. The number of anilines is 1. The maximum absolute atomic E-state index is 5.35. The molecular formula is C16H27IN4O2. The molecule has 1 saturated heterocycles. The lowest BCUT2D eigenvalue weighted by Crippen LogP contribution is -2.48. The number of methoxy groups -OCH3 is 2.